The fourth-order valence-electron chi connectivity index (χ4n) is 1.87. The molecule has 0 amide bonds. The first-order valence-electron chi connectivity index (χ1n) is 5.18. The Bertz CT molecular complexity index is 739. The molecule has 18 heavy (non-hydrogen) atoms. The van der Waals surface area contributed by atoms with Crippen LogP contribution in [-0.2, 0) is 0 Å². The van der Waals surface area contributed by atoms with Crippen LogP contribution in [0.2, 0.25) is 5.15 Å². The number of hydrogen-bond acceptors (Lipinski definition) is 3. The summed E-state index contributed by atoms with van der Waals surface area (Å²) in [5.74, 6) is -0.510. The van der Waals surface area contributed by atoms with Crippen LogP contribution in [0.5, 0.6) is 0 Å². The van der Waals surface area contributed by atoms with Gasteiger partial charge < -0.3 is 0 Å². The lowest BCUT2D eigenvalue weighted by Crippen LogP contribution is -1.89. The average molecular weight is 296 g/mol. The lowest BCUT2D eigenvalue weighted by atomic mass is 10.0. The maximum Gasteiger partial charge on any atom is 0.168 e. The minimum Gasteiger partial charge on any atom is -0.242 e. The Labute approximate surface area is 118 Å². The molecule has 3 rings (SSSR count). The number of rotatable bonds is 1. The number of halogens is 2. The normalized spacial score (nSPS) is 11.1. The van der Waals surface area contributed by atoms with Gasteiger partial charge in [0.25, 0.3) is 0 Å². The molecule has 2 heterocycles. The van der Waals surface area contributed by atoms with Crippen molar-refractivity contribution in [1.82, 2.24) is 4.98 Å². The molecule has 0 saturated carbocycles. The van der Waals surface area contributed by atoms with Gasteiger partial charge in [0.15, 0.2) is 11.0 Å². The van der Waals surface area contributed by atoms with E-state index in [1.165, 1.54) is 6.20 Å². The van der Waals surface area contributed by atoms with Crippen LogP contribution >= 0.6 is 35.6 Å². The molecule has 0 unspecified atom stereocenters. The number of fused-ring (bicyclic) bond motifs is 1. The van der Waals surface area contributed by atoms with Crippen LogP contribution in [0.4, 0.5) is 4.39 Å². The molecule has 0 saturated heterocycles. The molecule has 3 aromatic rings. The quantitative estimate of drug-likeness (QED) is 0.490. The van der Waals surface area contributed by atoms with Gasteiger partial charge in [0.05, 0.1) is 0 Å². The molecule has 2 aromatic heterocycles. The zero-order chi connectivity index (χ0) is 12.7. The summed E-state index contributed by atoms with van der Waals surface area (Å²) >= 11 is 11.8. The second-order valence-electron chi connectivity index (χ2n) is 3.76. The van der Waals surface area contributed by atoms with E-state index in [9.17, 15) is 4.39 Å². The number of thiophene rings is 1. The van der Waals surface area contributed by atoms with Crippen molar-refractivity contribution in [3.05, 3.63) is 46.8 Å². The van der Waals surface area contributed by atoms with Crippen LogP contribution in [-0.4, -0.2) is 4.98 Å². The first kappa shape index (κ1) is 12.0. The van der Waals surface area contributed by atoms with Gasteiger partial charge in [0.2, 0.25) is 0 Å². The molecular weight excluding hydrogens is 289 g/mol. The molecule has 0 fully saturated rings. The molecule has 5 heteroatoms. The molecule has 0 spiro atoms. The van der Waals surface area contributed by atoms with Crippen LogP contribution in [0, 0.1) is 5.82 Å². The topological polar surface area (TPSA) is 12.9 Å². The molecule has 1 aromatic carbocycles. The highest BCUT2D eigenvalue weighted by atomic mass is 35.5. The molecule has 0 aliphatic rings. The molecule has 0 radical (unpaired) electrons. The van der Waals surface area contributed by atoms with Crippen LogP contribution in [0.3, 0.4) is 0 Å². The zero-order valence-corrected chi connectivity index (χ0v) is 11.5. The van der Waals surface area contributed by atoms with E-state index in [1.54, 1.807) is 17.4 Å². The molecule has 0 atom stereocenters. The van der Waals surface area contributed by atoms with Crippen molar-refractivity contribution in [3.63, 3.8) is 0 Å². The number of aromatic nitrogens is 1. The van der Waals surface area contributed by atoms with E-state index in [1.807, 2.05) is 23.6 Å². The predicted molar refractivity (Wildman–Crippen MR) is 77.3 cm³/mol. The number of pyridine rings is 1. The van der Waals surface area contributed by atoms with Gasteiger partial charge in [-0.05, 0) is 29.1 Å². The summed E-state index contributed by atoms with van der Waals surface area (Å²) in [5, 5.41) is 2.89. The largest absolute Gasteiger partial charge is 0.242 e. The Kier molecular flexibility index (Phi) is 3.01. The van der Waals surface area contributed by atoms with Gasteiger partial charge in [-0.25, -0.2) is 9.37 Å². The van der Waals surface area contributed by atoms with Crippen LogP contribution in [0.15, 0.2) is 40.7 Å². The summed E-state index contributed by atoms with van der Waals surface area (Å²) in [6.45, 7) is 0. The zero-order valence-electron chi connectivity index (χ0n) is 9.02. The van der Waals surface area contributed by atoms with Crippen LogP contribution in [0.1, 0.15) is 0 Å². The third kappa shape index (κ3) is 1.81. The molecular formula is C13H7ClFNS2. The summed E-state index contributed by atoms with van der Waals surface area (Å²) in [6.07, 6.45) is 1.49. The smallest absolute Gasteiger partial charge is 0.168 e. The fourth-order valence-corrected chi connectivity index (χ4v) is 3.29. The molecule has 90 valence electrons. The Morgan fingerprint density at radius 2 is 2.00 bits per heavy atom. The van der Waals surface area contributed by atoms with E-state index in [2.05, 4.69) is 17.6 Å². The third-order valence-corrected chi connectivity index (χ3v) is 4.37. The first-order chi connectivity index (χ1) is 8.68. The van der Waals surface area contributed by atoms with Gasteiger partial charge in [-0.2, -0.15) is 0 Å². The van der Waals surface area contributed by atoms with Crippen molar-refractivity contribution in [2.75, 3.05) is 0 Å². The van der Waals surface area contributed by atoms with E-state index in [-0.39, 0.29) is 5.15 Å². The Morgan fingerprint density at radius 1 is 1.17 bits per heavy atom. The van der Waals surface area contributed by atoms with Crippen molar-refractivity contribution in [3.8, 4) is 11.1 Å². The molecule has 0 aliphatic heterocycles. The van der Waals surface area contributed by atoms with Gasteiger partial charge in [-0.1, -0.05) is 17.7 Å². The first-order valence-corrected chi connectivity index (χ1v) is 6.88. The van der Waals surface area contributed by atoms with Gasteiger partial charge in [-0.15, -0.1) is 24.0 Å². The van der Waals surface area contributed by atoms with E-state index in [0.717, 1.165) is 20.5 Å². The van der Waals surface area contributed by atoms with E-state index in [4.69, 9.17) is 11.6 Å². The van der Waals surface area contributed by atoms with Crippen molar-refractivity contribution in [2.45, 2.75) is 4.90 Å². The molecule has 1 nitrogen and oxygen atoms in total. The van der Waals surface area contributed by atoms with E-state index >= 15 is 0 Å². The minimum absolute atomic E-state index is 0.120. The maximum absolute atomic E-state index is 14.0. The summed E-state index contributed by atoms with van der Waals surface area (Å²) < 4.78 is 15.1. The second kappa shape index (κ2) is 4.53. The van der Waals surface area contributed by atoms with Crippen molar-refractivity contribution in [1.29, 1.82) is 0 Å². The van der Waals surface area contributed by atoms with Crippen molar-refractivity contribution >= 4 is 45.7 Å². The fraction of sp³-hybridized carbons (Fsp3) is 0. The Balaban J connectivity index is 2.31. The highest BCUT2D eigenvalue weighted by Gasteiger charge is 2.13. The SMILES string of the molecule is Fc1c(-c2ccc3sccc3c2S)ccnc1Cl. The molecule has 0 bridgehead atoms. The van der Waals surface area contributed by atoms with Crippen molar-refractivity contribution in [2.24, 2.45) is 0 Å². The highest BCUT2D eigenvalue weighted by molar-refractivity contribution is 7.80. The number of hydrogen-bond donors (Lipinski definition) is 1. The predicted octanol–water partition coefficient (Wildman–Crippen LogP) is 5.04. The monoisotopic (exact) mass is 295 g/mol. The van der Waals surface area contributed by atoms with Gasteiger partial charge in [0, 0.05) is 26.7 Å². The highest BCUT2D eigenvalue weighted by Crippen LogP contribution is 2.37. The minimum atomic E-state index is -0.510. The van der Waals surface area contributed by atoms with Crippen molar-refractivity contribution < 1.29 is 4.39 Å². The maximum atomic E-state index is 14.0. The number of benzene rings is 1. The molecule has 0 aliphatic carbocycles. The number of thiol groups is 1. The summed E-state index contributed by atoms with van der Waals surface area (Å²) in [6, 6.07) is 7.40. The van der Waals surface area contributed by atoms with E-state index < -0.39 is 5.82 Å². The van der Waals surface area contributed by atoms with Gasteiger partial charge in [0.1, 0.15) is 0 Å². The van der Waals surface area contributed by atoms with Crippen LogP contribution in [0.25, 0.3) is 21.2 Å². The van der Waals surface area contributed by atoms with E-state index in [0.29, 0.717) is 5.56 Å². The second-order valence-corrected chi connectivity index (χ2v) is 5.51. The Morgan fingerprint density at radius 3 is 2.83 bits per heavy atom. The standard InChI is InChI=1S/C13H7ClFNS2/c14-13-11(15)7(3-5-16-13)8-1-2-10-9(12(8)17)4-6-18-10/h1-6,17H. The average Bonchev–Trinajstić information content (AvgIpc) is 2.83. The summed E-state index contributed by atoms with van der Waals surface area (Å²) in [4.78, 5) is 4.47. The van der Waals surface area contributed by atoms with Gasteiger partial charge >= 0.3 is 0 Å². The van der Waals surface area contributed by atoms with Crippen LogP contribution < -0.4 is 0 Å². The lowest BCUT2D eigenvalue weighted by Gasteiger charge is -2.08. The van der Waals surface area contributed by atoms with Gasteiger partial charge in [-0.3, -0.25) is 0 Å². The number of nitrogens with zero attached hydrogens (tertiary/aromatic N) is 1. The summed E-state index contributed by atoms with van der Waals surface area (Å²) in [7, 11) is 0. The lowest BCUT2D eigenvalue weighted by molar-refractivity contribution is 0.625. The summed E-state index contributed by atoms with van der Waals surface area (Å²) in [5.41, 5.74) is 1.15. The third-order valence-electron chi connectivity index (χ3n) is 2.74. The Hall–Kier alpha value is -1.10. The molecule has 0 N–H and O–H groups in total.